The smallest absolute Gasteiger partial charge is 0.0662 e. The summed E-state index contributed by atoms with van der Waals surface area (Å²) >= 11 is 0. The lowest BCUT2D eigenvalue weighted by Gasteiger charge is -2.05. The molecule has 0 N–H and O–H groups in total. The molecular weight excluding hydrogens is 242 g/mol. The maximum Gasteiger partial charge on any atom is 0.0662 e. The van der Waals surface area contributed by atoms with Crippen molar-refractivity contribution >= 4 is 22.2 Å². The van der Waals surface area contributed by atoms with Gasteiger partial charge in [-0.1, -0.05) is 54.6 Å². The number of fused-ring (bicyclic) bond motifs is 1. The fourth-order valence-corrected chi connectivity index (χ4v) is 2.35. The summed E-state index contributed by atoms with van der Waals surface area (Å²) in [4.78, 5) is 4.75. The first kappa shape index (κ1) is 12.6. The summed E-state index contributed by atoms with van der Waals surface area (Å²) in [5.41, 5.74) is 4.46. The molecule has 0 aromatic heterocycles. The first-order valence-electron chi connectivity index (χ1n) is 6.84. The predicted octanol–water partition coefficient (Wildman–Crippen LogP) is 5.29. The van der Waals surface area contributed by atoms with Gasteiger partial charge in [-0.3, -0.25) is 4.99 Å². The third-order valence-electron chi connectivity index (χ3n) is 3.57. The van der Waals surface area contributed by atoms with Crippen LogP contribution in [0.5, 0.6) is 0 Å². The number of hydrogen-bond donors (Lipinski definition) is 0. The zero-order chi connectivity index (χ0) is 13.9. The number of hydrogen-bond acceptors (Lipinski definition) is 1. The van der Waals surface area contributed by atoms with Crippen molar-refractivity contribution in [2.24, 2.45) is 4.99 Å². The highest BCUT2D eigenvalue weighted by molar-refractivity contribution is 6.03. The van der Waals surface area contributed by atoms with E-state index in [0.717, 1.165) is 11.4 Å². The molecule has 3 aromatic carbocycles. The van der Waals surface area contributed by atoms with Crippen LogP contribution in [-0.4, -0.2) is 5.71 Å². The van der Waals surface area contributed by atoms with Crippen LogP contribution in [0.4, 0.5) is 5.69 Å². The van der Waals surface area contributed by atoms with Crippen LogP contribution in [0, 0.1) is 6.92 Å². The van der Waals surface area contributed by atoms with Gasteiger partial charge >= 0.3 is 0 Å². The van der Waals surface area contributed by atoms with E-state index in [1.807, 2.05) is 12.1 Å². The molecule has 3 rings (SSSR count). The maximum absolute atomic E-state index is 4.75. The van der Waals surface area contributed by atoms with Gasteiger partial charge in [0, 0.05) is 5.71 Å². The van der Waals surface area contributed by atoms with Crippen LogP contribution in [0.15, 0.2) is 71.7 Å². The lowest BCUT2D eigenvalue weighted by Crippen LogP contribution is -1.94. The second kappa shape index (κ2) is 5.30. The molecule has 0 unspecified atom stereocenters. The monoisotopic (exact) mass is 259 g/mol. The number of benzene rings is 3. The van der Waals surface area contributed by atoms with Crippen LogP contribution in [-0.2, 0) is 0 Å². The second-order valence-corrected chi connectivity index (χ2v) is 5.05. The summed E-state index contributed by atoms with van der Waals surface area (Å²) in [6.45, 7) is 4.16. The Morgan fingerprint density at radius 1 is 0.800 bits per heavy atom. The summed E-state index contributed by atoms with van der Waals surface area (Å²) in [5.74, 6) is 0. The molecule has 0 aliphatic rings. The second-order valence-electron chi connectivity index (χ2n) is 5.05. The Bertz CT molecular complexity index is 784. The predicted molar refractivity (Wildman–Crippen MR) is 87.0 cm³/mol. The van der Waals surface area contributed by atoms with Crippen molar-refractivity contribution in [1.82, 2.24) is 0 Å². The van der Waals surface area contributed by atoms with Gasteiger partial charge < -0.3 is 0 Å². The van der Waals surface area contributed by atoms with Crippen LogP contribution < -0.4 is 0 Å². The molecule has 0 heterocycles. The van der Waals surface area contributed by atoms with E-state index < -0.39 is 0 Å². The minimum Gasteiger partial charge on any atom is -0.253 e. The minimum absolute atomic E-state index is 1.04. The molecule has 0 spiro atoms. The standard InChI is InChI=1S/C19H17N/c1-14-7-3-6-10-19(14)20-15(2)17-12-11-16-8-4-5-9-18(16)13-17/h3-13H,1-2H3. The molecule has 98 valence electrons. The van der Waals surface area contributed by atoms with Crippen molar-refractivity contribution in [3.63, 3.8) is 0 Å². The van der Waals surface area contributed by atoms with Gasteiger partial charge in [0.2, 0.25) is 0 Å². The number of aliphatic imine (C=N–C) groups is 1. The molecule has 0 saturated heterocycles. The Kier molecular flexibility index (Phi) is 3.34. The summed E-state index contributed by atoms with van der Waals surface area (Å²) in [5, 5.41) is 2.52. The van der Waals surface area contributed by atoms with Gasteiger partial charge in [0.05, 0.1) is 5.69 Å². The zero-order valence-electron chi connectivity index (χ0n) is 11.8. The van der Waals surface area contributed by atoms with Crippen molar-refractivity contribution in [1.29, 1.82) is 0 Å². The summed E-state index contributed by atoms with van der Waals surface area (Å²) in [6, 6.07) is 23.1. The number of nitrogens with zero attached hydrogens (tertiary/aromatic N) is 1. The number of para-hydroxylation sites is 1. The Balaban J connectivity index is 2.04. The Labute approximate surface area is 119 Å². The molecule has 20 heavy (non-hydrogen) atoms. The molecule has 1 heteroatoms. The van der Waals surface area contributed by atoms with E-state index in [-0.39, 0.29) is 0 Å². The molecule has 0 amide bonds. The SMILES string of the molecule is CC(=Nc1ccccc1C)c1ccc2ccccc2c1. The van der Waals surface area contributed by atoms with E-state index in [9.17, 15) is 0 Å². The fraction of sp³-hybridized carbons (Fsp3) is 0.105. The van der Waals surface area contributed by atoms with Gasteiger partial charge in [0.1, 0.15) is 0 Å². The maximum atomic E-state index is 4.75. The third-order valence-corrected chi connectivity index (χ3v) is 3.57. The minimum atomic E-state index is 1.04. The van der Waals surface area contributed by atoms with E-state index in [0.29, 0.717) is 0 Å². The average molecular weight is 259 g/mol. The van der Waals surface area contributed by atoms with Gasteiger partial charge in [-0.05, 0) is 47.9 Å². The van der Waals surface area contributed by atoms with Gasteiger partial charge in [-0.2, -0.15) is 0 Å². The summed E-state index contributed by atoms with van der Waals surface area (Å²) in [6.07, 6.45) is 0. The van der Waals surface area contributed by atoms with Crippen molar-refractivity contribution in [3.8, 4) is 0 Å². The molecule has 0 bridgehead atoms. The third kappa shape index (κ3) is 2.48. The molecule has 0 radical (unpaired) electrons. The molecular formula is C19H17N. The van der Waals surface area contributed by atoms with E-state index in [2.05, 4.69) is 68.4 Å². The van der Waals surface area contributed by atoms with Gasteiger partial charge in [-0.15, -0.1) is 0 Å². The Morgan fingerprint density at radius 3 is 2.30 bits per heavy atom. The molecule has 0 fully saturated rings. The largest absolute Gasteiger partial charge is 0.253 e. The Hall–Kier alpha value is -2.41. The van der Waals surface area contributed by atoms with E-state index >= 15 is 0 Å². The van der Waals surface area contributed by atoms with Crippen molar-refractivity contribution in [2.45, 2.75) is 13.8 Å². The highest BCUT2D eigenvalue weighted by Gasteiger charge is 2.01. The number of aryl methyl sites for hydroxylation is 1. The van der Waals surface area contributed by atoms with Crippen LogP contribution in [0.1, 0.15) is 18.1 Å². The van der Waals surface area contributed by atoms with E-state index in [1.54, 1.807) is 0 Å². The van der Waals surface area contributed by atoms with Gasteiger partial charge in [0.25, 0.3) is 0 Å². The van der Waals surface area contributed by atoms with Crippen molar-refractivity contribution in [2.75, 3.05) is 0 Å². The van der Waals surface area contributed by atoms with Crippen LogP contribution in [0.2, 0.25) is 0 Å². The molecule has 1 nitrogen and oxygen atoms in total. The average Bonchev–Trinajstić information content (AvgIpc) is 2.49. The molecule has 0 aliphatic carbocycles. The number of rotatable bonds is 2. The first-order chi connectivity index (χ1) is 9.74. The topological polar surface area (TPSA) is 12.4 Å². The Morgan fingerprint density at radius 2 is 1.50 bits per heavy atom. The summed E-state index contributed by atoms with van der Waals surface area (Å²) < 4.78 is 0. The van der Waals surface area contributed by atoms with Crippen LogP contribution in [0.25, 0.3) is 10.8 Å². The van der Waals surface area contributed by atoms with Crippen LogP contribution in [0.3, 0.4) is 0 Å². The van der Waals surface area contributed by atoms with Gasteiger partial charge in [-0.25, -0.2) is 0 Å². The highest BCUT2D eigenvalue weighted by atomic mass is 14.7. The van der Waals surface area contributed by atoms with E-state index in [1.165, 1.54) is 21.9 Å². The fourth-order valence-electron chi connectivity index (χ4n) is 2.35. The quantitative estimate of drug-likeness (QED) is 0.554. The van der Waals surface area contributed by atoms with Gasteiger partial charge in [0.15, 0.2) is 0 Å². The first-order valence-corrected chi connectivity index (χ1v) is 6.84. The van der Waals surface area contributed by atoms with E-state index in [4.69, 9.17) is 4.99 Å². The zero-order valence-corrected chi connectivity index (χ0v) is 11.8. The molecule has 0 aliphatic heterocycles. The molecule has 0 saturated carbocycles. The highest BCUT2D eigenvalue weighted by Crippen LogP contribution is 2.21. The summed E-state index contributed by atoms with van der Waals surface area (Å²) in [7, 11) is 0. The van der Waals surface area contributed by atoms with Crippen molar-refractivity contribution in [3.05, 3.63) is 77.9 Å². The van der Waals surface area contributed by atoms with Crippen LogP contribution >= 0.6 is 0 Å². The normalized spacial score (nSPS) is 11.8. The lowest BCUT2D eigenvalue weighted by atomic mass is 10.0. The molecule has 0 atom stereocenters. The van der Waals surface area contributed by atoms with Crippen molar-refractivity contribution < 1.29 is 0 Å². The lowest BCUT2D eigenvalue weighted by molar-refractivity contribution is 1.39. The molecule has 3 aromatic rings.